The summed E-state index contributed by atoms with van der Waals surface area (Å²) in [5.41, 5.74) is 0.457. The number of nitrogens with zero attached hydrogens (tertiary/aromatic N) is 3. The van der Waals surface area contributed by atoms with Crippen molar-refractivity contribution in [1.29, 1.82) is 0 Å². The molecule has 0 saturated heterocycles. The molecule has 0 aliphatic rings. The van der Waals surface area contributed by atoms with Gasteiger partial charge in [-0.2, -0.15) is 0 Å². The predicted molar refractivity (Wildman–Crippen MR) is 69.9 cm³/mol. The summed E-state index contributed by atoms with van der Waals surface area (Å²) in [7, 11) is 1.69. The molecule has 2 aromatic rings. The van der Waals surface area contributed by atoms with Gasteiger partial charge in [-0.25, -0.2) is 9.36 Å². The normalized spacial score (nSPS) is 11.4. The van der Waals surface area contributed by atoms with E-state index in [-0.39, 0.29) is 12.4 Å². The van der Waals surface area contributed by atoms with Gasteiger partial charge in [0.1, 0.15) is 6.20 Å². The highest BCUT2D eigenvalue weighted by Crippen LogP contribution is 2.02. The molecule has 6 heteroatoms. The SMILES string of the molecule is CCOC(=O)c1n(/N=C(/[O-])c2ccccc2)cc[n+]1C. The second kappa shape index (κ2) is 6.01. The molecule has 0 amide bonds. The van der Waals surface area contributed by atoms with Crippen molar-refractivity contribution >= 4 is 11.9 Å². The second-order valence-corrected chi connectivity index (χ2v) is 4.07. The Labute approximate surface area is 116 Å². The van der Waals surface area contributed by atoms with Crippen LogP contribution in [0.4, 0.5) is 0 Å². The Hall–Kier alpha value is -2.63. The van der Waals surface area contributed by atoms with Gasteiger partial charge in [-0.3, -0.25) is 0 Å². The molecule has 0 bridgehead atoms. The van der Waals surface area contributed by atoms with Crippen molar-refractivity contribution in [3.05, 3.63) is 54.1 Å². The maximum Gasteiger partial charge on any atom is 0.424 e. The van der Waals surface area contributed by atoms with Crippen LogP contribution >= 0.6 is 0 Å². The number of aromatic nitrogens is 2. The van der Waals surface area contributed by atoms with E-state index < -0.39 is 11.9 Å². The largest absolute Gasteiger partial charge is 0.856 e. The highest BCUT2D eigenvalue weighted by atomic mass is 16.5. The average molecular weight is 273 g/mol. The zero-order valence-electron chi connectivity index (χ0n) is 11.3. The number of rotatable bonds is 4. The van der Waals surface area contributed by atoms with Crippen molar-refractivity contribution in [2.75, 3.05) is 6.61 Å². The van der Waals surface area contributed by atoms with Gasteiger partial charge >= 0.3 is 11.8 Å². The Morgan fingerprint density at radius 1 is 1.40 bits per heavy atom. The van der Waals surface area contributed by atoms with Gasteiger partial charge in [0.2, 0.25) is 0 Å². The second-order valence-electron chi connectivity index (χ2n) is 4.07. The van der Waals surface area contributed by atoms with Gasteiger partial charge in [0.15, 0.2) is 6.20 Å². The molecular weight excluding hydrogens is 258 g/mol. The average Bonchev–Trinajstić information content (AvgIpc) is 2.81. The summed E-state index contributed by atoms with van der Waals surface area (Å²) < 4.78 is 7.73. The van der Waals surface area contributed by atoms with Crippen LogP contribution in [-0.4, -0.2) is 23.2 Å². The highest BCUT2D eigenvalue weighted by molar-refractivity contribution is 5.91. The van der Waals surface area contributed by atoms with Crippen LogP contribution < -0.4 is 9.67 Å². The number of ether oxygens (including phenoxy) is 1. The van der Waals surface area contributed by atoms with Gasteiger partial charge in [0.25, 0.3) is 0 Å². The Morgan fingerprint density at radius 2 is 2.10 bits per heavy atom. The zero-order chi connectivity index (χ0) is 14.5. The third-order valence-electron chi connectivity index (χ3n) is 2.66. The van der Waals surface area contributed by atoms with Gasteiger partial charge in [0.05, 0.1) is 13.7 Å². The third kappa shape index (κ3) is 2.85. The Kier molecular flexibility index (Phi) is 4.14. The topological polar surface area (TPSA) is 70.5 Å². The van der Waals surface area contributed by atoms with Crippen LogP contribution in [-0.2, 0) is 11.8 Å². The number of hydrogen-bond acceptors (Lipinski definition) is 4. The van der Waals surface area contributed by atoms with E-state index in [1.807, 2.05) is 6.07 Å². The van der Waals surface area contributed by atoms with E-state index in [9.17, 15) is 9.90 Å². The maximum atomic E-state index is 12.0. The molecule has 0 fully saturated rings. The molecule has 2 rings (SSSR count). The number of carbonyl (C=O) groups is 1. The predicted octanol–water partition coefficient (Wildman–Crippen LogP) is 0.0595. The summed E-state index contributed by atoms with van der Waals surface area (Å²) in [6.07, 6.45) is 3.17. The molecule has 0 unspecified atom stereocenters. The van der Waals surface area contributed by atoms with Crippen molar-refractivity contribution in [3.8, 4) is 0 Å². The molecular formula is C14H15N3O3. The van der Waals surface area contributed by atoms with Crippen LogP contribution in [0.3, 0.4) is 0 Å². The van der Waals surface area contributed by atoms with Gasteiger partial charge in [0, 0.05) is 5.90 Å². The van der Waals surface area contributed by atoms with E-state index in [1.165, 1.54) is 10.9 Å². The monoisotopic (exact) mass is 273 g/mol. The first kappa shape index (κ1) is 13.8. The molecule has 0 spiro atoms. The summed E-state index contributed by atoms with van der Waals surface area (Å²) in [5, 5.41) is 15.9. The molecule has 1 heterocycles. The Balaban J connectivity index is 2.37. The number of esters is 1. The molecule has 1 aromatic heterocycles. The fourth-order valence-electron chi connectivity index (χ4n) is 1.72. The minimum atomic E-state index is -0.524. The van der Waals surface area contributed by atoms with Gasteiger partial charge < -0.3 is 9.84 Å². The van der Waals surface area contributed by atoms with Crippen molar-refractivity contribution in [1.82, 2.24) is 4.68 Å². The van der Waals surface area contributed by atoms with Crippen molar-refractivity contribution in [2.24, 2.45) is 12.1 Å². The standard InChI is InChI=1S/C14H15N3O3/c1-3-20-14(19)13-16(2)9-10-17(13)15-12(18)11-7-5-4-6-8-11/h4-10H,3H2,1-2H3. The molecule has 104 valence electrons. The number of hydrogen-bond donors (Lipinski definition) is 0. The smallest absolute Gasteiger partial charge is 0.424 e. The minimum absolute atomic E-state index is 0.191. The van der Waals surface area contributed by atoms with Crippen LogP contribution in [0.1, 0.15) is 23.1 Å². The van der Waals surface area contributed by atoms with Gasteiger partial charge in [-0.05, 0) is 12.5 Å². The van der Waals surface area contributed by atoms with Crippen molar-refractivity contribution < 1.29 is 19.2 Å². The van der Waals surface area contributed by atoms with Gasteiger partial charge in [-0.1, -0.05) is 40.1 Å². The zero-order valence-corrected chi connectivity index (χ0v) is 11.3. The molecule has 0 aliphatic carbocycles. The lowest BCUT2D eigenvalue weighted by atomic mass is 10.2. The van der Waals surface area contributed by atoms with E-state index in [0.717, 1.165) is 0 Å². The first-order valence-corrected chi connectivity index (χ1v) is 6.19. The van der Waals surface area contributed by atoms with Crippen LogP contribution in [0.5, 0.6) is 0 Å². The van der Waals surface area contributed by atoms with Crippen LogP contribution in [0.15, 0.2) is 47.8 Å². The fourth-order valence-corrected chi connectivity index (χ4v) is 1.72. The van der Waals surface area contributed by atoms with Crippen LogP contribution in [0.2, 0.25) is 0 Å². The van der Waals surface area contributed by atoms with E-state index in [1.54, 1.807) is 49.0 Å². The lowest BCUT2D eigenvalue weighted by Gasteiger charge is -2.07. The van der Waals surface area contributed by atoms with Crippen molar-refractivity contribution in [3.63, 3.8) is 0 Å². The number of aryl methyl sites for hydroxylation is 1. The lowest BCUT2D eigenvalue weighted by Crippen LogP contribution is -2.36. The molecule has 0 saturated carbocycles. The molecule has 0 aliphatic heterocycles. The van der Waals surface area contributed by atoms with E-state index in [2.05, 4.69) is 5.10 Å². The molecule has 20 heavy (non-hydrogen) atoms. The summed E-state index contributed by atoms with van der Waals surface area (Å²) in [4.78, 5) is 11.8. The molecule has 0 atom stereocenters. The summed E-state index contributed by atoms with van der Waals surface area (Å²) in [5.74, 6) is -0.756. The highest BCUT2D eigenvalue weighted by Gasteiger charge is 2.25. The molecule has 0 radical (unpaired) electrons. The lowest BCUT2D eigenvalue weighted by molar-refractivity contribution is -0.673. The third-order valence-corrected chi connectivity index (χ3v) is 2.66. The molecule has 0 N–H and O–H groups in total. The first-order chi connectivity index (χ1) is 9.63. The van der Waals surface area contributed by atoms with E-state index in [0.29, 0.717) is 5.56 Å². The summed E-state index contributed by atoms with van der Waals surface area (Å²) >= 11 is 0. The van der Waals surface area contributed by atoms with Crippen molar-refractivity contribution in [2.45, 2.75) is 6.92 Å². The maximum absolute atomic E-state index is 12.0. The van der Waals surface area contributed by atoms with E-state index >= 15 is 0 Å². The Bertz CT molecular complexity index is 632. The number of carbonyl (C=O) groups excluding carboxylic acids is 1. The number of benzene rings is 1. The quantitative estimate of drug-likeness (QED) is 0.342. The molecule has 1 aromatic carbocycles. The van der Waals surface area contributed by atoms with Crippen LogP contribution in [0.25, 0.3) is 0 Å². The fraction of sp³-hybridized carbons (Fsp3) is 0.214. The van der Waals surface area contributed by atoms with E-state index in [4.69, 9.17) is 4.74 Å². The first-order valence-electron chi connectivity index (χ1n) is 6.19. The number of imidazole rings is 1. The molecule has 6 nitrogen and oxygen atoms in total. The van der Waals surface area contributed by atoms with Gasteiger partial charge in [-0.15, -0.1) is 0 Å². The minimum Gasteiger partial charge on any atom is -0.856 e. The van der Waals surface area contributed by atoms with Crippen LogP contribution in [0, 0.1) is 0 Å². The summed E-state index contributed by atoms with van der Waals surface area (Å²) in [6, 6.07) is 8.66. The Morgan fingerprint density at radius 3 is 2.75 bits per heavy atom. The summed E-state index contributed by atoms with van der Waals surface area (Å²) in [6.45, 7) is 1.98.